The minimum absolute atomic E-state index is 0.0393. The summed E-state index contributed by atoms with van der Waals surface area (Å²) in [6.45, 7) is 3.76. The lowest BCUT2D eigenvalue weighted by Gasteiger charge is -2.14. The number of hydrogen-bond donors (Lipinski definition) is 2. The lowest BCUT2D eigenvalue weighted by atomic mass is 10.1. The molecule has 0 unspecified atom stereocenters. The van der Waals surface area contributed by atoms with E-state index in [2.05, 4.69) is 15.7 Å². The van der Waals surface area contributed by atoms with Crippen LogP contribution >= 0.6 is 0 Å². The molecule has 1 heterocycles. The highest BCUT2D eigenvalue weighted by molar-refractivity contribution is 5.81. The van der Waals surface area contributed by atoms with E-state index in [1.54, 1.807) is 18.3 Å². The molecule has 0 fully saturated rings. The molecule has 22 heavy (non-hydrogen) atoms. The molecule has 1 aromatic heterocycles. The molecule has 0 spiro atoms. The van der Waals surface area contributed by atoms with Crippen molar-refractivity contribution in [1.82, 2.24) is 20.4 Å². The van der Waals surface area contributed by atoms with Gasteiger partial charge < -0.3 is 10.6 Å². The van der Waals surface area contributed by atoms with Crippen LogP contribution in [0.25, 0.3) is 0 Å². The fourth-order valence-electron chi connectivity index (χ4n) is 2.06. The van der Waals surface area contributed by atoms with Crippen molar-refractivity contribution in [1.29, 1.82) is 0 Å². The number of rotatable bonds is 8. The van der Waals surface area contributed by atoms with Crippen LogP contribution in [0.5, 0.6) is 0 Å². The molecule has 0 radical (unpaired) electrons. The monoisotopic (exact) mass is 304 g/mol. The zero-order chi connectivity index (χ0) is 15.8. The highest BCUT2D eigenvalue weighted by Crippen LogP contribution is 2.02. The molecule has 1 amide bonds. The second-order valence-corrected chi connectivity index (χ2v) is 5.11. The minimum Gasteiger partial charge on any atom is -0.354 e. The molecule has 5 nitrogen and oxygen atoms in total. The van der Waals surface area contributed by atoms with Gasteiger partial charge in [0, 0.05) is 25.5 Å². The minimum atomic E-state index is -0.260. The Bertz CT molecular complexity index is 568. The van der Waals surface area contributed by atoms with E-state index in [1.807, 2.05) is 23.9 Å². The Morgan fingerprint density at radius 3 is 2.77 bits per heavy atom. The van der Waals surface area contributed by atoms with Gasteiger partial charge in [-0.15, -0.1) is 0 Å². The van der Waals surface area contributed by atoms with E-state index in [-0.39, 0.29) is 17.8 Å². The number of aromatic nitrogens is 2. The Morgan fingerprint density at radius 1 is 1.32 bits per heavy atom. The summed E-state index contributed by atoms with van der Waals surface area (Å²) in [5.74, 6) is -0.287. The van der Waals surface area contributed by atoms with Crippen LogP contribution in [0.3, 0.4) is 0 Å². The van der Waals surface area contributed by atoms with Crippen LogP contribution in [-0.4, -0.2) is 34.8 Å². The number of hydrogen-bond acceptors (Lipinski definition) is 3. The van der Waals surface area contributed by atoms with Crippen LogP contribution in [-0.2, 0) is 17.8 Å². The summed E-state index contributed by atoms with van der Waals surface area (Å²) < 4.78 is 14.6. The normalized spacial score (nSPS) is 12.1. The predicted octanol–water partition coefficient (Wildman–Crippen LogP) is 1.36. The largest absolute Gasteiger partial charge is 0.354 e. The van der Waals surface area contributed by atoms with Crippen LogP contribution in [0.1, 0.15) is 12.5 Å². The molecule has 2 aromatic rings. The van der Waals surface area contributed by atoms with Crippen molar-refractivity contribution in [2.45, 2.75) is 25.9 Å². The summed E-state index contributed by atoms with van der Waals surface area (Å²) in [6.07, 6.45) is 4.30. The molecule has 0 aliphatic heterocycles. The molecular formula is C16H21FN4O. The maximum Gasteiger partial charge on any atom is 0.236 e. The first-order valence-corrected chi connectivity index (χ1v) is 7.38. The van der Waals surface area contributed by atoms with Gasteiger partial charge in [0.25, 0.3) is 0 Å². The Kier molecular flexibility index (Phi) is 6.09. The van der Waals surface area contributed by atoms with Crippen molar-refractivity contribution in [3.05, 3.63) is 54.1 Å². The number of carbonyl (C=O) groups excluding carboxylic acids is 1. The lowest BCUT2D eigenvalue weighted by Crippen LogP contribution is -2.43. The average Bonchev–Trinajstić information content (AvgIpc) is 3.02. The Labute approximate surface area is 129 Å². The Morgan fingerprint density at radius 2 is 2.09 bits per heavy atom. The van der Waals surface area contributed by atoms with Crippen LogP contribution in [0.4, 0.5) is 4.39 Å². The molecule has 0 aliphatic carbocycles. The topological polar surface area (TPSA) is 59.0 Å². The van der Waals surface area contributed by atoms with Crippen molar-refractivity contribution in [3.8, 4) is 0 Å². The maximum absolute atomic E-state index is 12.8. The molecular weight excluding hydrogens is 283 g/mol. The average molecular weight is 304 g/mol. The van der Waals surface area contributed by atoms with E-state index in [0.717, 1.165) is 12.1 Å². The van der Waals surface area contributed by atoms with Gasteiger partial charge in [-0.1, -0.05) is 12.1 Å². The third-order valence-electron chi connectivity index (χ3n) is 3.37. The van der Waals surface area contributed by atoms with E-state index < -0.39 is 0 Å². The zero-order valence-corrected chi connectivity index (χ0v) is 12.6. The van der Waals surface area contributed by atoms with E-state index in [0.29, 0.717) is 19.5 Å². The van der Waals surface area contributed by atoms with E-state index in [1.165, 1.54) is 12.1 Å². The molecule has 6 heteroatoms. The first kappa shape index (κ1) is 16.2. The summed E-state index contributed by atoms with van der Waals surface area (Å²) in [5, 5.41) is 10.1. The van der Waals surface area contributed by atoms with E-state index in [9.17, 15) is 9.18 Å². The third-order valence-corrected chi connectivity index (χ3v) is 3.37. The first-order valence-electron chi connectivity index (χ1n) is 7.38. The molecule has 0 saturated heterocycles. The third kappa shape index (κ3) is 5.29. The van der Waals surface area contributed by atoms with Crippen molar-refractivity contribution in [3.63, 3.8) is 0 Å². The molecule has 0 aliphatic rings. The smallest absolute Gasteiger partial charge is 0.236 e. The molecule has 118 valence electrons. The summed E-state index contributed by atoms with van der Waals surface area (Å²) in [7, 11) is 0. The molecule has 2 rings (SSSR count). The summed E-state index contributed by atoms with van der Waals surface area (Å²) in [5.41, 5.74) is 1.00. The molecule has 1 aromatic carbocycles. The maximum atomic E-state index is 12.8. The number of nitrogens with one attached hydrogen (secondary N) is 2. The Hall–Kier alpha value is -2.21. The first-order chi connectivity index (χ1) is 10.6. The van der Waals surface area contributed by atoms with E-state index in [4.69, 9.17) is 0 Å². The molecule has 0 saturated carbocycles. The van der Waals surface area contributed by atoms with Crippen LogP contribution in [0.2, 0.25) is 0 Å². The highest BCUT2D eigenvalue weighted by atomic mass is 19.1. The quantitative estimate of drug-likeness (QED) is 0.774. The van der Waals surface area contributed by atoms with Gasteiger partial charge in [-0.3, -0.25) is 9.48 Å². The molecule has 0 bridgehead atoms. The van der Waals surface area contributed by atoms with Gasteiger partial charge >= 0.3 is 0 Å². The Balaban J connectivity index is 1.62. The van der Waals surface area contributed by atoms with Crippen LogP contribution in [0, 0.1) is 5.82 Å². The highest BCUT2D eigenvalue weighted by Gasteiger charge is 2.10. The standard InChI is InChI=1S/C16H21FN4O/c1-13(18-10-12-21-11-2-8-20-21)16(22)19-9-7-14-3-5-15(17)6-4-14/h2-6,8,11,13,18H,7,9-10,12H2,1H3,(H,19,22)/t13-/m0/s1. The van der Waals surface area contributed by atoms with Gasteiger partial charge in [0.2, 0.25) is 5.91 Å². The van der Waals surface area contributed by atoms with Crippen LogP contribution in [0.15, 0.2) is 42.7 Å². The number of carbonyl (C=O) groups is 1. The van der Waals surface area contributed by atoms with Gasteiger partial charge in [-0.25, -0.2) is 4.39 Å². The van der Waals surface area contributed by atoms with Crippen LogP contribution < -0.4 is 10.6 Å². The summed E-state index contributed by atoms with van der Waals surface area (Å²) in [4.78, 5) is 11.9. The van der Waals surface area contributed by atoms with Crippen molar-refractivity contribution >= 4 is 5.91 Å². The molecule has 2 N–H and O–H groups in total. The molecule has 1 atom stereocenters. The SMILES string of the molecule is C[C@H](NCCn1cccn1)C(=O)NCCc1ccc(F)cc1. The number of halogens is 1. The van der Waals surface area contributed by atoms with Gasteiger partial charge in [0.15, 0.2) is 0 Å². The van der Waals surface area contributed by atoms with E-state index >= 15 is 0 Å². The van der Waals surface area contributed by atoms with Gasteiger partial charge in [-0.2, -0.15) is 5.10 Å². The second-order valence-electron chi connectivity index (χ2n) is 5.11. The van der Waals surface area contributed by atoms with Gasteiger partial charge in [0.1, 0.15) is 5.82 Å². The van der Waals surface area contributed by atoms with Crippen molar-refractivity contribution < 1.29 is 9.18 Å². The van der Waals surface area contributed by atoms with Gasteiger partial charge in [0.05, 0.1) is 12.6 Å². The lowest BCUT2D eigenvalue weighted by molar-refractivity contribution is -0.122. The predicted molar refractivity (Wildman–Crippen MR) is 82.8 cm³/mol. The summed E-state index contributed by atoms with van der Waals surface area (Å²) >= 11 is 0. The second kappa shape index (κ2) is 8.29. The summed E-state index contributed by atoms with van der Waals surface area (Å²) in [6, 6.07) is 7.92. The number of amides is 1. The number of benzene rings is 1. The van der Waals surface area contributed by atoms with Gasteiger partial charge in [-0.05, 0) is 37.1 Å². The van der Waals surface area contributed by atoms with Crippen molar-refractivity contribution in [2.24, 2.45) is 0 Å². The number of nitrogens with zero attached hydrogens (tertiary/aromatic N) is 2. The fourth-order valence-corrected chi connectivity index (χ4v) is 2.06. The fraction of sp³-hybridized carbons (Fsp3) is 0.375. The zero-order valence-electron chi connectivity index (χ0n) is 12.6. The van der Waals surface area contributed by atoms with Crippen molar-refractivity contribution in [2.75, 3.05) is 13.1 Å².